The second-order valence-electron chi connectivity index (χ2n) is 5.67. The number of hydrogen-bond acceptors (Lipinski definition) is 6. The Morgan fingerprint density at radius 1 is 1.11 bits per heavy atom. The number of hydrogen-bond donors (Lipinski definition) is 0. The number of esters is 1. The van der Waals surface area contributed by atoms with Gasteiger partial charge in [0.25, 0.3) is 11.7 Å². The molecule has 2 aromatic carbocycles. The number of fused-ring (bicyclic) bond motifs is 1. The average molecular weight is 371 g/mol. The van der Waals surface area contributed by atoms with Crippen molar-refractivity contribution >= 4 is 29.1 Å². The van der Waals surface area contributed by atoms with Crippen molar-refractivity contribution in [2.45, 2.75) is 0 Å². The molecule has 1 heterocycles. The highest BCUT2D eigenvalue weighted by molar-refractivity contribution is 6.52. The van der Waals surface area contributed by atoms with Crippen LogP contribution < -0.4 is 9.64 Å². The number of halogens is 1. The minimum Gasteiger partial charge on any atom is -0.496 e. The first-order chi connectivity index (χ1) is 12.9. The van der Waals surface area contributed by atoms with Crippen LogP contribution in [0.25, 0.3) is 0 Å². The van der Waals surface area contributed by atoms with E-state index >= 15 is 0 Å². The Labute approximate surface area is 153 Å². The molecular formula is C19H14FNO6. The third-order valence-electron chi connectivity index (χ3n) is 3.99. The van der Waals surface area contributed by atoms with E-state index in [9.17, 15) is 23.6 Å². The van der Waals surface area contributed by atoms with Gasteiger partial charge in [-0.05, 0) is 30.3 Å². The molecule has 0 N–H and O–H groups in total. The zero-order valence-corrected chi connectivity index (χ0v) is 14.2. The second-order valence-corrected chi connectivity index (χ2v) is 5.67. The van der Waals surface area contributed by atoms with Crippen molar-refractivity contribution in [2.24, 2.45) is 0 Å². The Morgan fingerprint density at radius 3 is 2.59 bits per heavy atom. The molecule has 138 valence electrons. The Balaban J connectivity index is 1.66. The number of ketones is 2. The summed E-state index contributed by atoms with van der Waals surface area (Å²) in [4.78, 5) is 49.1. The van der Waals surface area contributed by atoms with Crippen LogP contribution >= 0.6 is 0 Å². The molecule has 0 atom stereocenters. The Morgan fingerprint density at radius 2 is 1.85 bits per heavy atom. The zero-order valence-electron chi connectivity index (χ0n) is 14.2. The number of benzene rings is 2. The van der Waals surface area contributed by atoms with Gasteiger partial charge in [-0.3, -0.25) is 24.1 Å². The summed E-state index contributed by atoms with van der Waals surface area (Å²) in [6.07, 6.45) is 0. The molecule has 0 saturated heterocycles. The molecule has 0 aliphatic carbocycles. The van der Waals surface area contributed by atoms with Crippen molar-refractivity contribution in [3.05, 3.63) is 59.4 Å². The molecule has 0 unspecified atom stereocenters. The smallest absolute Gasteiger partial charge is 0.326 e. The predicted octanol–water partition coefficient (Wildman–Crippen LogP) is 1.79. The van der Waals surface area contributed by atoms with Crippen molar-refractivity contribution < 1.29 is 33.0 Å². The van der Waals surface area contributed by atoms with E-state index in [0.29, 0.717) is 5.69 Å². The molecule has 1 aliphatic rings. The first kappa shape index (κ1) is 18.2. The van der Waals surface area contributed by atoms with E-state index in [4.69, 9.17) is 9.47 Å². The SMILES string of the molecule is COc1ccc(F)cc1C(=O)COC(=O)CN1C(=O)C(=O)c2ccccc21. The van der Waals surface area contributed by atoms with Crippen molar-refractivity contribution in [1.82, 2.24) is 0 Å². The number of ether oxygens (including phenoxy) is 2. The molecule has 8 heteroatoms. The third kappa shape index (κ3) is 3.55. The molecule has 2 aromatic rings. The highest BCUT2D eigenvalue weighted by Gasteiger charge is 2.36. The first-order valence-electron chi connectivity index (χ1n) is 7.90. The topological polar surface area (TPSA) is 90.0 Å². The lowest BCUT2D eigenvalue weighted by Gasteiger charge is -2.15. The number of anilines is 1. The van der Waals surface area contributed by atoms with Crippen LogP contribution in [0.3, 0.4) is 0 Å². The van der Waals surface area contributed by atoms with Gasteiger partial charge in [-0.15, -0.1) is 0 Å². The lowest BCUT2D eigenvalue weighted by Crippen LogP contribution is -2.36. The van der Waals surface area contributed by atoms with Crippen LogP contribution in [-0.4, -0.2) is 43.7 Å². The van der Waals surface area contributed by atoms with Gasteiger partial charge in [0, 0.05) is 0 Å². The molecule has 0 aromatic heterocycles. The first-order valence-corrected chi connectivity index (χ1v) is 7.90. The van der Waals surface area contributed by atoms with Crippen LogP contribution in [0, 0.1) is 5.82 Å². The molecule has 3 rings (SSSR count). The fraction of sp³-hybridized carbons (Fsp3) is 0.158. The normalized spacial score (nSPS) is 12.7. The van der Waals surface area contributed by atoms with E-state index in [2.05, 4.69) is 0 Å². The van der Waals surface area contributed by atoms with Gasteiger partial charge in [-0.1, -0.05) is 12.1 Å². The van der Waals surface area contributed by atoms with Gasteiger partial charge in [0.15, 0.2) is 6.61 Å². The van der Waals surface area contributed by atoms with Crippen LogP contribution in [0.4, 0.5) is 10.1 Å². The molecule has 1 aliphatic heterocycles. The second kappa shape index (κ2) is 7.36. The molecule has 0 fully saturated rings. The van der Waals surface area contributed by atoms with E-state index in [1.807, 2.05) is 0 Å². The van der Waals surface area contributed by atoms with E-state index < -0.39 is 42.4 Å². The van der Waals surface area contributed by atoms with Gasteiger partial charge < -0.3 is 9.47 Å². The van der Waals surface area contributed by atoms with Crippen molar-refractivity contribution in [3.8, 4) is 5.75 Å². The standard InChI is InChI=1S/C19H14FNO6/c1-26-16-7-6-11(20)8-13(16)15(22)10-27-17(23)9-21-14-5-3-2-4-12(14)18(24)19(21)25/h2-8H,9-10H2,1H3. The third-order valence-corrected chi connectivity index (χ3v) is 3.99. The quantitative estimate of drug-likeness (QED) is 0.437. The monoisotopic (exact) mass is 371 g/mol. The molecule has 1 amide bonds. The molecule has 0 saturated carbocycles. The Kier molecular flexibility index (Phi) is 4.98. The molecular weight excluding hydrogens is 357 g/mol. The number of rotatable bonds is 6. The summed E-state index contributed by atoms with van der Waals surface area (Å²) in [5.41, 5.74) is 0.446. The van der Waals surface area contributed by atoms with Gasteiger partial charge in [-0.2, -0.15) is 0 Å². The summed E-state index contributed by atoms with van der Waals surface area (Å²) in [6.45, 7) is -1.18. The highest BCUT2D eigenvalue weighted by Crippen LogP contribution is 2.28. The minimum absolute atomic E-state index is 0.0666. The lowest BCUT2D eigenvalue weighted by atomic mass is 10.1. The van der Waals surface area contributed by atoms with Gasteiger partial charge in [-0.25, -0.2) is 4.39 Å². The lowest BCUT2D eigenvalue weighted by molar-refractivity contribution is -0.141. The predicted molar refractivity (Wildman–Crippen MR) is 91.4 cm³/mol. The molecule has 27 heavy (non-hydrogen) atoms. The van der Waals surface area contributed by atoms with Gasteiger partial charge >= 0.3 is 5.97 Å². The molecule has 0 bridgehead atoms. The van der Waals surface area contributed by atoms with Gasteiger partial charge in [0.1, 0.15) is 18.1 Å². The number of amides is 1. The number of carbonyl (C=O) groups excluding carboxylic acids is 4. The summed E-state index contributed by atoms with van der Waals surface area (Å²) in [7, 11) is 1.32. The van der Waals surface area contributed by atoms with Crippen LogP contribution in [0.2, 0.25) is 0 Å². The summed E-state index contributed by atoms with van der Waals surface area (Å²) in [5, 5.41) is 0. The van der Waals surface area contributed by atoms with Gasteiger partial charge in [0.05, 0.1) is 23.9 Å². The summed E-state index contributed by atoms with van der Waals surface area (Å²) < 4.78 is 23.2. The van der Waals surface area contributed by atoms with Crippen molar-refractivity contribution in [3.63, 3.8) is 0 Å². The molecule has 0 spiro atoms. The van der Waals surface area contributed by atoms with Crippen LogP contribution in [-0.2, 0) is 14.3 Å². The van der Waals surface area contributed by atoms with Crippen LogP contribution in [0.5, 0.6) is 5.75 Å². The maximum Gasteiger partial charge on any atom is 0.326 e. The maximum atomic E-state index is 13.3. The van der Waals surface area contributed by atoms with Crippen LogP contribution in [0.15, 0.2) is 42.5 Å². The van der Waals surface area contributed by atoms with Crippen molar-refractivity contribution in [1.29, 1.82) is 0 Å². The largest absolute Gasteiger partial charge is 0.496 e. The number of methoxy groups -OCH3 is 1. The maximum absolute atomic E-state index is 13.3. The summed E-state index contributed by atoms with van der Waals surface area (Å²) in [5.74, 6) is -3.58. The number of Topliss-reactive ketones (excluding diaryl/α,β-unsaturated/α-hetero) is 2. The van der Waals surface area contributed by atoms with E-state index in [1.165, 1.54) is 25.3 Å². The highest BCUT2D eigenvalue weighted by atomic mass is 19.1. The number of para-hydroxylation sites is 1. The van der Waals surface area contributed by atoms with Crippen molar-refractivity contribution in [2.75, 3.05) is 25.2 Å². The number of carbonyl (C=O) groups is 4. The average Bonchev–Trinajstić information content (AvgIpc) is 2.91. The Hall–Kier alpha value is -3.55. The fourth-order valence-corrected chi connectivity index (χ4v) is 2.70. The van der Waals surface area contributed by atoms with Crippen LogP contribution in [0.1, 0.15) is 20.7 Å². The van der Waals surface area contributed by atoms with E-state index in [0.717, 1.165) is 17.0 Å². The summed E-state index contributed by atoms with van der Waals surface area (Å²) >= 11 is 0. The zero-order chi connectivity index (χ0) is 19.6. The molecule has 0 radical (unpaired) electrons. The van der Waals surface area contributed by atoms with E-state index in [1.54, 1.807) is 12.1 Å². The minimum atomic E-state index is -0.878. The van der Waals surface area contributed by atoms with Gasteiger partial charge in [0.2, 0.25) is 5.78 Å². The fourth-order valence-electron chi connectivity index (χ4n) is 2.70. The number of nitrogens with zero attached hydrogens (tertiary/aromatic N) is 1. The summed E-state index contributed by atoms with van der Waals surface area (Å²) in [6, 6.07) is 9.66. The van der Waals surface area contributed by atoms with E-state index in [-0.39, 0.29) is 16.9 Å². The molecule has 7 nitrogen and oxygen atoms in total. The Bertz CT molecular complexity index is 955.